The summed E-state index contributed by atoms with van der Waals surface area (Å²) < 4.78 is 11.0. The van der Waals surface area contributed by atoms with Gasteiger partial charge < -0.3 is 14.6 Å². The molecule has 0 fully saturated rings. The van der Waals surface area contributed by atoms with Crippen LogP contribution < -0.4 is 15.6 Å². The number of anilines is 1. The van der Waals surface area contributed by atoms with Crippen LogP contribution in [0.2, 0.25) is 0 Å². The van der Waals surface area contributed by atoms with E-state index in [9.17, 15) is 9.59 Å². The molecule has 2 aromatic carbocycles. The molecule has 9 nitrogen and oxygen atoms in total. The van der Waals surface area contributed by atoms with Gasteiger partial charge in [0.1, 0.15) is 18.0 Å². The number of amides is 1. The molecular weight excluding hydrogens is 464 g/mol. The third kappa shape index (κ3) is 5.32. The van der Waals surface area contributed by atoms with Crippen LogP contribution in [0.15, 0.2) is 64.5 Å². The van der Waals surface area contributed by atoms with Gasteiger partial charge in [-0.05, 0) is 50.6 Å². The summed E-state index contributed by atoms with van der Waals surface area (Å²) in [6.07, 6.45) is 0. The maximum absolute atomic E-state index is 13.0. The van der Waals surface area contributed by atoms with Crippen molar-refractivity contribution in [2.24, 2.45) is 7.05 Å². The predicted molar refractivity (Wildman–Crippen MR) is 136 cm³/mol. The van der Waals surface area contributed by atoms with Crippen LogP contribution in [0.25, 0.3) is 5.69 Å². The second-order valence-corrected chi connectivity index (χ2v) is 8.96. The first-order chi connectivity index (χ1) is 16.9. The van der Waals surface area contributed by atoms with Gasteiger partial charge in [0.15, 0.2) is 11.0 Å². The van der Waals surface area contributed by atoms with Crippen molar-refractivity contribution >= 4 is 23.4 Å². The molecule has 0 aliphatic heterocycles. The van der Waals surface area contributed by atoms with Crippen LogP contribution in [0.1, 0.15) is 24.0 Å². The Labute approximate surface area is 207 Å². The van der Waals surface area contributed by atoms with Crippen molar-refractivity contribution in [3.8, 4) is 11.4 Å². The summed E-state index contributed by atoms with van der Waals surface area (Å²) in [4.78, 5) is 25.7. The molecule has 4 aromatic rings. The third-order valence-electron chi connectivity index (χ3n) is 5.62. The highest BCUT2D eigenvalue weighted by Gasteiger charge is 2.19. The summed E-state index contributed by atoms with van der Waals surface area (Å²) in [6, 6.07) is 17.1. The molecular formula is C25H28N6O3S. The lowest BCUT2D eigenvalue weighted by Crippen LogP contribution is -2.23. The van der Waals surface area contributed by atoms with Gasteiger partial charge in [0.2, 0.25) is 5.91 Å². The zero-order valence-electron chi connectivity index (χ0n) is 20.2. The van der Waals surface area contributed by atoms with E-state index >= 15 is 0 Å². The van der Waals surface area contributed by atoms with Gasteiger partial charge in [0.05, 0.1) is 17.1 Å². The van der Waals surface area contributed by atoms with Gasteiger partial charge >= 0.3 is 0 Å². The second kappa shape index (κ2) is 10.6. The fourth-order valence-electron chi connectivity index (χ4n) is 3.72. The fraction of sp³-hybridized carbons (Fsp3) is 0.280. The average Bonchev–Trinajstić information content (AvgIpc) is 3.35. The molecule has 35 heavy (non-hydrogen) atoms. The Kier molecular flexibility index (Phi) is 7.40. The molecule has 0 spiro atoms. The van der Waals surface area contributed by atoms with Crippen LogP contribution in [-0.4, -0.2) is 35.8 Å². The van der Waals surface area contributed by atoms with E-state index in [1.54, 1.807) is 18.7 Å². The maximum Gasteiger partial charge on any atom is 0.295 e. The minimum Gasteiger partial charge on any atom is -0.486 e. The average molecular weight is 493 g/mol. The molecule has 0 aliphatic rings. The summed E-state index contributed by atoms with van der Waals surface area (Å²) in [7, 11) is 1.79. The highest BCUT2D eigenvalue weighted by Crippen LogP contribution is 2.20. The van der Waals surface area contributed by atoms with Gasteiger partial charge in [0, 0.05) is 13.6 Å². The van der Waals surface area contributed by atoms with Crippen LogP contribution >= 0.6 is 11.8 Å². The van der Waals surface area contributed by atoms with Crippen molar-refractivity contribution in [2.75, 3.05) is 11.1 Å². The normalized spacial score (nSPS) is 11.0. The van der Waals surface area contributed by atoms with E-state index in [1.165, 1.54) is 16.4 Å². The van der Waals surface area contributed by atoms with Gasteiger partial charge in [-0.2, -0.15) is 0 Å². The molecule has 10 heteroatoms. The first-order valence-corrected chi connectivity index (χ1v) is 12.3. The van der Waals surface area contributed by atoms with Gasteiger partial charge in [0.25, 0.3) is 5.56 Å². The lowest BCUT2D eigenvalue weighted by molar-refractivity contribution is -0.113. The molecule has 0 aliphatic carbocycles. The zero-order chi connectivity index (χ0) is 24.9. The highest BCUT2D eigenvalue weighted by molar-refractivity contribution is 7.99. The maximum atomic E-state index is 13.0. The number of nitrogens with zero attached hydrogens (tertiary/aromatic N) is 5. The van der Waals surface area contributed by atoms with Crippen molar-refractivity contribution < 1.29 is 9.53 Å². The number of thioether (sulfide) groups is 1. The molecule has 1 amide bonds. The molecule has 0 radical (unpaired) electrons. The Morgan fingerprint density at radius 3 is 2.57 bits per heavy atom. The summed E-state index contributed by atoms with van der Waals surface area (Å²) in [6.45, 7) is 6.72. The van der Waals surface area contributed by atoms with Crippen molar-refractivity contribution in [3.05, 3.63) is 82.0 Å². The quantitative estimate of drug-likeness (QED) is 0.358. The molecule has 1 N–H and O–H groups in total. The van der Waals surface area contributed by atoms with Crippen molar-refractivity contribution in [3.63, 3.8) is 0 Å². The monoisotopic (exact) mass is 492 g/mol. The molecule has 0 unspecified atom stereocenters. The summed E-state index contributed by atoms with van der Waals surface area (Å²) in [5.41, 5.74) is 2.51. The van der Waals surface area contributed by atoms with Crippen LogP contribution in [0, 0.1) is 13.8 Å². The van der Waals surface area contributed by atoms with E-state index < -0.39 is 0 Å². The summed E-state index contributed by atoms with van der Waals surface area (Å²) >= 11 is 1.27. The molecule has 0 atom stereocenters. The van der Waals surface area contributed by atoms with Crippen LogP contribution in [0.3, 0.4) is 0 Å². The molecule has 2 heterocycles. The minimum absolute atomic E-state index is 0.0932. The molecule has 0 saturated heterocycles. The number of hydrogen-bond donors (Lipinski definition) is 1. The number of nitrogens with one attached hydrogen (secondary N) is 1. The number of rotatable bonds is 9. The topological polar surface area (TPSA) is 96.0 Å². The van der Waals surface area contributed by atoms with E-state index in [2.05, 4.69) is 15.5 Å². The van der Waals surface area contributed by atoms with Gasteiger partial charge in [-0.3, -0.25) is 14.3 Å². The highest BCUT2D eigenvalue weighted by atomic mass is 32.2. The number of hydrogen-bond acceptors (Lipinski definition) is 6. The standard InChI is InChI=1S/C25H28N6O3S/c1-5-30-21(15-34-20-13-9-10-17(2)14-20)27-28-25(30)35-16-22(32)26-23-18(3)29(4)31(24(23)33)19-11-7-6-8-12-19/h6-14H,5,15-16H2,1-4H3,(H,26,32). The van der Waals surface area contributed by atoms with Crippen molar-refractivity contribution in [2.45, 2.75) is 39.1 Å². The number of para-hydroxylation sites is 1. The summed E-state index contributed by atoms with van der Waals surface area (Å²) in [5, 5.41) is 11.9. The second-order valence-electron chi connectivity index (χ2n) is 8.02. The van der Waals surface area contributed by atoms with E-state index in [0.29, 0.717) is 23.2 Å². The molecule has 2 aromatic heterocycles. The Hall–Kier alpha value is -3.79. The number of benzene rings is 2. The minimum atomic E-state index is -0.288. The number of carbonyl (C=O) groups excluding carboxylic acids is 1. The first-order valence-electron chi connectivity index (χ1n) is 11.3. The number of aromatic nitrogens is 5. The summed E-state index contributed by atoms with van der Waals surface area (Å²) in [5.74, 6) is 1.25. The smallest absolute Gasteiger partial charge is 0.295 e. The van der Waals surface area contributed by atoms with E-state index in [1.807, 2.05) is 73.0 Å². The van der Waals surface area contributed by atoms with Gasteiger partial charge in [-0.15, -0.1) is 10.2 Å². The SMILES string of the molecule is CCn1c(COc2cccc(C)c2)nnc1SCC(=O)Nc1c(C)n(C)n(-c2ccccc2)c1=O. The van der Waals surface area contributed by atoms with Crippen LogP contribution in [0.5, 0.6) is 5.75 Å². The molecule has 182 valence electrons. The lowest BCUT2D eigenvalue weighted by Gasteiger charge is -2.09. The fourth-order valence-corrected chi connectivity index (χ4v) is 4.54. The van der Waals surface area contributed by atoms with Crippen molar-refractivity contribution in [1.29, 1.82) is 0 Å². The molecule has 0 saturated carbocycles. The van der Waals surface area contributed by atoms with Gasteiger partial charge in [-0.25, -0.2) is 4.68 Å². The Balaban J connectivity index is 1.42. The van der Waals surface area contributed by atoms with E-state index in [4.69, 9.17) is 4.74 Å². The first kappa shape index (κ1) is 24.3. The molecule has 4 rings (SSSR count). The Bertz CT molecular complexity index is 1390. The molecule has 0 bridgehead atoms. The number of aryl methyl sites for hydroxylation is 1. The van der Waals surface area contributed by atoms with Gasteiger partial charge in [-0.1, -0.05) is 42.1 Å². The van der Waals surface area contributed by atoms with E-state index in [0.717, 1.165) is 17.0 Å². The van der Waals surface area contributed by atoms with Crippen LogP contribution in [-0.2, 0) is 25.0 Å². The number of ether oxygens (including phenoxy) is 1. The third-order valence-corrected chi connectivity index (χ3v) is 6.58. The van der Waals surface area contributed by atoms with Crippen molar-refractivity contribution in [1.82, 2.24) is 24.1 Å². The number of carbonyl (C=O) groups is 1. The predicted octanol–water partition coefficient (Wildman–Crippen LogP) is 3.71. The zero-order valence-corrected chi connectivity index (χ0v) is 21.0. The van der Waals surface area contributed by atoms with Crippen LogP contribution in [0.4, 0.5) is 5.69 Å². The largest absolute Gasteiger partial charge is 0.486 e. The Morgan fingerprint density at radius 2 is 1.86 bits per heavy atom. The lowest BCUT2D eigenvalue weighted by atomic mass is 10.2. The van der Waals surface area contributed by atoms with E-state index in [-0.39, 0.29) is 29.5 Å². The Morgan fingerprint density at radius 1 is 1.09 bits per heavy atom.